The van der Waals surface area contributed by atoms with E-state index in [4.69, 9.17) is 5.11 Å². The Morgan fingerprint density at radius 2 is 1.48 bits per heavy atom. The van der Waals surface area contributed by atoms with Gasteiger partial charge in [-0.05, 0) is 18.2 Å². The second kappa shape index (κ2) is 4.94. The minimum Gasteiger partial charge on any atom is -0.478 e. The first-order chi connectivity index (χ1) is 10.8. The van der Waals surface area contributed by atoms with Gasteiger partial charge in [0, 0.05) is 0 Å². The molecule has 0 unspecified atom stereocenters. The lowest BCUT2D eigenvalue weighted by molar-refractivity contribution is 0.0689. The Hall–Kier alpha value is -3.16. The molecule has 1 aliphatic rings. The molecule has 0 saturated carbocycles. The summed E-state index contributed by atoms with van der Waals surface area (Å²) in [5.41, 5.74) is -2.75. The monoisotopic (exact) mass is 321 g/mol. The SMILES string of the molecule is O=C(O)c1cc(F)c(F)c(N2C(=O)c3ccccc3C2=O)c1F. The van der Waals surface area contributed by atoms with Crippen molar-refractivity contribution in [2.45, 2.75) is 0 Å². The number of halogens is 3. The summed E-state index contributed by atoms with van der Waals surface area (Å²) in [6.45, 7) is 0. The van der Waals surface area contributed by atoms with E-state index >= 15 is 0 Å². The van der Waals surface area contributed by atoms with Crippen molar-refractivity contribution in [3.05, 3.63) is 64.5 Å². The number of nitrogens with zero attached hydrogens (tertiary/aromatic N) is 1. The summed E-state index contributed by atoms with van der Waals surface area (Å²) in [7, 11) is 0. The van der Waals surface area contributed by atoms with Crippen LogP contribution in [0.1, 0.15) is 31.1 Å². The third-order valence-corrected chi connectivity index (χ3v) is 3.38. The topological polar surface area (TPSA) is 74.7 Å². The van der Waals surface area contributed by atoms with Gasteiger partial charge in [0.05, 0.1) is 11.1 Å². The van der Waals surface area contributed by atoms with Crippen LogP contribution >= 0.6 is 0 Å². The average molecular weight is 321 g/mol. The zero-order valence-electron chi connectivity index (χ0n) is 11.1. The molecule has 3 rings (SSSR count). The van der Waals surface area contributed by atoms with Gasteiger partial charge < -0.3 is 5.11 Å². The van der Waals surface area contributed by atoms with E-state index in [9.17, 15) is 27.6 Å². The number of carboxylic acid groups (broad SMARTS) is 1. The third-order valence-electron chi connectivity index (χ3n) is 3.38. The molecule has 0 radical (unpaired) electrons. The van der Waals surface area contributed by atoms with Gasteiger partial charge in [0.25, 0.3) is 11.8 Å². The summed E-state index contributed by atoms with van der Waals surface area (Å²) in [4.78, 5) is 35.4. The van der Waals surface area contributed by atoms with Crippen LogP contribution in [0.2, 0.25) is 0 Å². The van der Waals surface area contributed by atoms with Crippen LogP contribution in [0, 0.1) is 17.5 Å². The number of hydrogen-bond acceptors (Lipinski definition) is 3. The Morgan fingerprint density at radius 1 is 0.957 bits per heavy atom. The predicted octanol–water partition coefficient (Wildman–Crippen LogP) is 2.60. The fourth-order valence-electron chi connectivity index (χ4n) is 2.33. The molecule has 1 N–H and O–H groups in total. The van der Waals surface area contributed by atoms with E-state index in [1.165, 1.54) is 24.3 Å². The number of hydrogen-bond donors (Lipinski definition) is 1. The lowest BCUT2D eigenvalue weighted by Crippen LogP contribution is -2.32. The second-order valence-corrected chi connectivity index (χ2v) is 4.68. The summed E-state index contributed by atoms with van der Waals surface area (Å²) in [5.74, 6) is -9.20. The molecule has 0 spiro atoms. The molecule has 0 saturated heterocycles. The summed E-state index contributed by atoms with van der Waals surface area (Å²) < 4.78 is 41.8. The van der Waals surface area contributed by atoms with Crippen molar-refractivity contribution in [2.75, 3.05) is 4.90 Å². The number of carbonyl (C=O) groups excluding carboxylic acids is 2. The highest BCUT2D eigenvalue weighted by atomic mass is 19.2. The maximum atomic E-state index is 14.3. The molecule has 116 valence electrons. The van der Waals surface area contributed by atoms with E-state index in [-0.39, 0.29) is 22.1 Å². The van der Waals surface area contributed by atoms with E-state index in [2.05, 4.69) is 0 Å². The number of anilines is 1. The average Bonchev–Trinajstić information content (AvgIpc) is 2.76. The Labute approximate surface area is 126 Å². The normalized spacial score (nSPS) is 13.4. The van der Waals surface area contributed by atoms with Crippen LogP contribution in [0.4, 0.5) is 18.9 Å². The number of carbonyl (C=O) groups is 3. The predicted molar refractivity (Wildman–Crippen MR) is 70.9 cm³/mol. The van der Waals surface area contributed by atoms with Crippen LogP contribution in [0.5, 0.6) is 0 Å². The van der Waals surface area contributed by atoms with Gasteiger partial charge in [0.2, 0.25) is 0 Å². The molecule has 23 heavy (non-hydrogen) atoms. The lowest BCUT2D eigenvalue weighted by atomic mass is 10.1. The molecule has 0 fully saturated rings. The van der Waals surface area contributed by atoms with Crippen molar-refractivity contribution in [3.8, 4) is 0 Å². The van der Waals surface area contributed by atoms with Crippen molar-refractivity contribution in [1.82, 2.24) is 0 Å². The quantitative estimate of drug-likeness (QED) is 0.681. The van der Waals surface area contributed by atoms with E-state index in [0.29, 0.717) is 0 Å². The first-order valence-electron chi connectivity index (χ1n) is 6.23. The van der Waals surface area contributed by atoms with Gasteiger partial charge in [-0.25, -0.2) is 22.9 Å². The molecule has 2 aromatic rings. The molecular formula is C15H6F3NO4. The van der Waals surface area contributed by atoms with Gasteiger partial charge in [0.15, 0.2) is 17.5 Å². The number of aromatic carboxylic acids is 1. The molecule has 2 amide bonds. The van der Waals surface area contributed by atoms with E-state index < -0.39 is 46.5 Å². The first-order valence-corrected chi connectivity index (χ1v) is 6.23. The van der Waals surface area contributed by atoms with Gasteiger partial charge in [0.1, 0.15) is 11.3 Å². The van der Waals surface area contributed by atoms with Crippen LogP contribution in [0.25, 0.3) is 0 Å². The van der Waals surface area contributed by atoms with Gasteiger partial charge in [-0.3, -0.25) is 9.59 Å². The van der Waals surface area contributed by atoms with Crippen molar-refractivity contribution in [2.24, 2.45) is 0 Å². The number of rotatable bonds is 2. The Kier molecular flexibility index (Phi) is 3.17. The third kappa shape index (κ3) is 1.99. The molecule has 8 heteroatoms. The Morgan fingerprint density at radius 3 is 1.96 bits per heavy atom. The van der Waals surface area contributed by atoms with Crippen LogP contribution < -0.4 is 4.90 Å². The van der Waals surface area contributed by atoms with Crippen molar-refractivity contribution < 1.29 is 32.7 Å². The van der Waals surface area contributed by atoms with Crippen molar-refractivity contribution in [3.63, 3.8) is 0 Å². The number of benzene rings is 2. The molecular weight excluding hydrogens is 315 g/mol. The number of fused-ring (bicyclic) bond motifs is 1. The lowest BCUT2D eigenvalue weighted by Gasteiger charge is -2.17. The van der Waals surface area contributed by atoms with Crippen LogP contribution in [0.3, 0.4) is 0 Å². The molecule has 0 aliphatic carbocycles. The Bertz CT molecular complexity index is 860. The van der Waals surface area contributed by atoms with Gasteiger partial charge in [-0.2, -0.15) is 0 Å². The maximum Gasteiger partial charge on any atom is 0.338 e. The zero-order chi connectivity index (χ0) is 16.9. The maximum absolute atomic E-state index is 14.3. The number of carboxylic acids is 1. The van der Waals surface area contributed by atoms with Crippen LogP contribution in [0.15, 0.2) is 30.3 Å². The molecule has 1 aliphatic heterocycles. The minimum absolute atomic E-state index is 0.102. The minimum atomic E-state index is -1.86. The summed E-state index contributed by atoms with van der Waals surface area (Å²) in [6, 6.07) is 5.56. The smallest absolute Gasteiger partial charge is 0.338 e. The second-order valence-electron chi connectivity index (χ2n) is 4.68. The highest BCUT2D eigenvalue weighted by Gasteiger charge is 2.41. The van der Waals surface area contributed by atoms with Crippen LogP contribution in [-0.4, -0.2) is 22.9 Å². The number of amides is 2. The van der Waals surface area contributed by atoms with Crippen LogP contribution in [-0.2, 0) is 0 Å². The molecule has 0 aromatic heterocycles. The first kappa shape index (κ1) is 14.8. The molecule has 0 atom stereocenters. The van der Waals surface area contributed by atoms with Crippen molar-refractivity contribution in [1.29, 1.82) is 0 Å². The van der Waals surface area contributed by atoms with Crippen molar-refractivity contribution >= 4 is 23.5 Å². The molecule has 1 heterocycles. The molecule has 5 nitrogen and oxygen atoms in total. The largest absolute Gasteiger partial charge is 0.478 e. The summed E-state index contributed by atoms with van der Waals surface area (Å²) in [6.07, 6.45) is 0. The fourth-order valence-corrected chi connectivity index (χ4v) is 2.33. The zero-order valence-corrected chi connectivity index (χ0v) is 11.1. The molecule has 0 bridgehead atoms. The van der Waals surface area contributed by atoms with Gasteiger partial charge in [-0.1, -0.05) is 12.1 Å². The number of imide groups is 1. The van der Waals surface area contributed by atoms with Gasteiger partial charge in [-0.15, -0.1) is 0 Å². The van der Waals surface area contributed by atoms with E-state index in [1.54, 1.807) is 0 Å². The highest BCUT2D eigenvalue weighted by molar-refractivity contribution is 6.34. The molecule has 2 aromatic carbocycles. The highest BCUT2D eigenvalue weighted by Crippen LogP contribution is 2.34. The van der Waals surface area contributed by atoms with E-state index in [0.717, 1.165) is 0 Å². The Balaban J connectivity index is 2.27. The fraction of sp³-hybridized carbons (Fsp3) is 0. The summed E-state index contributed by atoms with van der Waals surface area (Å²) >= 11 is 0. The van der Waals surface area contributed by atoms with Gasteiger partial charge >= 0.3 is 5.97 Å². The standard InChI is InChI=1S/C15H6F3NO4/c16-9-5-8(15(22)23)10(17)12(11(9)18)19-13(20)6-3-1-2-4-7(6)14(19)21/h1-5H,(H,22,23). The summed E-state index contributed by atoms with van der Waals surface area (Å²) in [5, 5.41) is 8.84. The van der Waals surface area contributed by atoms with E-state index in [1.807, 2.05) is 0 Å².